The minimum Gasteiger partial charge on any atom is -0.435 e. The van der Waals surface area contributed by atoms with Gasteiger partial charge in [-0.25, -0.2) is 0 Å². The molecule has 122 valence electrons. The summed E-state index contributed by atoms with van der Waals surface area (Å²) in [7, 11) is 0. The molecule has 0 spiro atoms. The molecule has 0 heterocycles. The second kappa shape index (κ2) is 7.54. The third-order valence-electron chi connectivity index (χ3n) is 4.24. The Hall–Kier alpha value is -1.69. The second-order valence-corrected chi connectivity index (χ2v) is 5.71. The van der Waals surface area contributed by atoms with Gasteiger partial charge >= 0.3 is 6.61 Å². The minimum absolute atomic E-state index is 0.0133. The van der Waals surface area contributed by atoms with E-state index in [1.54, 1.807) is 12.1 Å². The van der Waals surface area contributed by atoms with E-state index < -0.39 is 6.61 Å². The van der Waals surface area contributed by atoms with Gasteiger partial charge in [0.15, 0.2) is 0 Å². The standard InChI is InChI=1S/C16H22F2N2O2/c1-10(11-4-2-6-13(8-11)22-16(17)18)20-15(21)14-7-3-5-12(14)9-19/h2,4,6,8,10,12,14,16H,3,5,7,9,19H2,1H3,(H,20,21)/t10?,12-,14-/m1/s1. The molecular weight excluding hydrogens is 290 g/mol. The van der Waals surface area contributed by atoms with Gasteiger partial charge in [-0.3, -0.25) is 4.79 Å². The number of nitrogens with one attached hydrogen (secondary N) is 1. The third kappa shape index (κ3) is 4.16. The molecule has 3 atom stereocenters. The molecule has 1 fully saturated rings. The number of alkyl halides is 2. The first kappa shape index (κ1) is 16.7. The molecule has 1 unspecified atom stereocenters. The second-order valence-electron chi connectivity index (χ2n) is 5.71. The van der Waals surface area contributed by atoms with Crippen molar-refractivity contribution in [3.63, 3.8) is 0 Å². The molecule has 2 rings (SSSR count). The number of halogens is 2. The molecule has 1 aromatic rings. The molecule has 0 bridgehead atoms. The van der Waals surface area contributed by atoms with Gasteiger partial charge in [0.25, 0.3) is 0 Å². The zero-order chi connectivity index (χ0) is 16.1. The van der Waals surface area contributed by atoms with Crippen molar-refractivity contribution < 1.29 is 18.3 Å². The van der Waals surface area contributed by atoms with Crippen LogP contribution in [-0.2, 0) is 4.79 Å². The normalized spacial score (nSPS) is 22.6. The maximum atomic E-state index is 12.3. The van der Waals surface area contributed by atoms with Crippen molar-refractivity contribution in [1.82, 2.24) is 5.32 Å². The van der Waals surface area contributed by atoms with Crippen molar-refractivity contribution in [2.75, 3.05) is 6.54 Å². The fourth-order valence-corrected chi connectivity index (χ4v) is 3.03. The summed E-state index contributed by atoms with van der Waals surface area (Å²) in [5, 5.41) is 2.95. The predicted octanol–water partition coefficient (Wildman–Crippen LogP) is 2.84. The Kier molecular flexibility index (Phi) is 5.71. The first-order valence-corrected chi connectivity index (χ1v) is 7.56. The zero-order valence-electron chi connectivity index (χ0n) is 12.6. The smallest absolute Gasteiger partial charge is 0.387 e. The average molecular weight is 312 g/mol. The summed E-state index contributed by atoms with van der Waals surface area (Å²) < 4.78 is 28.9. The fourth-order valence-electron chi connectivity index (χ4n) is 3.03. The van der Waals surface area contributed by atoms with E-state index in [-0.39, 0.29) is 29.5 Å². The third-order valence-corrected chi connectivity index (χ3v) is 4.24. The Bertz CT molecular complexity index is 511. The molecule has 1 aliphatic carbocycles. The van der Waals surface area contributed by atoms with Gasteiger partial charge in [0.05, 0.1) is 6.04 Å². The van der Waals surface area contributed by atoms with E-state index in [1.165, 1.54) is 12.1 Å². The number of hydrogen-bond acceptors (Lipinski definition) is 3. The number of benzene rings is 1. The molecular formula is C16H22F2N2O2. The van der Waals surface area contributed by atoms with Crippen LogP contribution < -0.4 is 15.8 Å². The number of rotatable bonds is 6. The van der Waals surface area contributed by atoms with Crippen molar-refractivity contribution in [2.24, 2.45) is 17.6 Å². The largest absolute Gasteiger partial charge is 0.435 e. The summed E-state index contributed by atoms with van der Waals surface area (Å²) >= 11 is 0. The number of amides is 1. The SMILES string of the molecule is CC(NC(=O)[C@@H]1CCC[C@@H]1CN)c1cccc(OC(F)F)c1. The van der Waals surface area contributed by atoms with Crippen LogP contribution in [0.5, 0.6) is 5.75 Å². The van der Waals surface area contributed by atoms with Crippen LogP contribution in [0.3, 0.4) is 0 Å². The molecule has 0 aromatic heterocycles. The van der Waals surface area contributed by atoms with E-state index in [2.05, 4.69) is 10.1 Å². The van der Waals surface area contributed by atoms with E-state index in [9.17, 15) is 13.6 Å². The lowest BCUT2D eigenvalue weighted by Gasteiger charge is -2.21. The molecule has 3 N–H and O–H groups in total. The van der Waals surface area contributed by atoms with Gasteiger partial charge in [-0.1, -0.05) is 18.6 Å². The number of ether oxygens (including phenoxy) is 1. The molecule has 4 nitrogen and oxygen atoms in total. The minimum atomic E-state index is -2.86. The molecule has 0 saturated heterocycles. The highest BCUT2D eigenvalue weighted by atomic mass is 19.3. The molecule has 0 radical (unpaired) electrons. The average Bonchev–Trinajstić information content (AvgIpc) is 2.95. The van der Waals surface area contributed by atoms with E-state index >= 15 is 0 Å². The van der Waals surface area contributed by atoms with Gasteiger partial charge in [0.2, 0.25) is 5.91 Å². The van der Waals surface area contributed by atoms with Crippen LogP contribution in [0.4, 0.5) is 8.78 Å². The summed E-state index contributed by atoms with van der Waals surface area (Å²) in [5.74, 6) is 0.267. The van der Waals surface area contributed by atoms with Gasteiger partial charge in [-0.05, 0) is 49.9 Å². The van der Waals surface area contributed by atoms with Crippen molar-refractivity contribution in [2.45, 2.75) is 38.8 Å². The molecule has 1 aromatic carbocycles. The van der Waals surface area contributed by atoms with E-state index in [0.717, 1.165) is 24.8 Å². The summed E-state index contributed by atoms with van der Waals surface area (Å²) in [4.78, 5) is 12.3. The van der Waals surface area contributed by atoms with Gasteiger partial charge in [0, 0.05) is 5.92 Å². The highest BCUT2D eigenvalue weighted by Gasteiger charge is 2.32. The maximum absolute atomic E-state index is 12.3. The van der Waals surface area contributed by atoms with Crippen molar-refractivity contribution in [3.05, 3.63) is 29.8 Å². The Morgan fingerprint density at radius 2 is 2.23 bits per heavy atom. The molecule has 6 heteroatoms. The van der Waals surface area contributed by atoms with E-state index in [0.29, 0.717) is 6.54 Å². The molecule has 1 amide bonds. The summed E-state index contributed by atoms with van der Waals surface area (Å²) in [6, 6.07) is 6.12. The Morgan fingerprint density at radius 3 is 2.91 bits per heavy atom. The van der Waals surface area contributed by atoms with Crippen molar-refractivity contribution in [3.8, 4) is 5.75 Å². The van der Waals surface area contributed by atoms with E-state index in [1.807, 2.05) is 6.92 Å². The van der Waals surface area contributed by atoms with Crippen LogP contribution in [0.2, 0.25) is 0 Å². The van der Waals surface area contributed by atoms with Crippen LogP contribution in [-0.4, -0.2) is 19.1 Å². The van der Waals surface area contributed by atoms with Gasteiger partial charge in [0.1, 0.15) is 5.75 Å². The monoisotopic (exact) mass is 312 g/mol. The number of hydrogen-bond donors (Lipinski definition) is 2. The molecule has 22 heavy (non-hydrogen) atoms. The highest BCUT2D eigenvalue weighted by molar-refractivity contribution is 5.79. The molecule has 1 aliphatic rings. The highest BCUT2D eigenvalue weighted by Crippen LogP contribution is 2.31. The van der Waals surface area contributed by atoms with Gasteiger partial charge in [-0.15, -0.1) is 0 Å². The van der Waals surface area contributed by atoms with Crippen LogP contribution in [0.25, 0.3) is 0 Å². The zero-order valence-corrected chi connectivity index (χ0v) is 12.6. The lowest BCUT2D eigenvalue weighted by molar-refractivity contribution is -0.126. The summed E-state index contributed by atoms with van der Waals surface area (Å²) in [5.41, 5.74) is 6.43. The van der Waals surface area contributed by atoms with Crippen molar-refractivity contribution >= 4 is 5.91 Å². The number of carbonyl (C=O) groups excluding carboxylic acids is 1. The Labute approximate surface area is 129 Å². The Morgan fingerprint density at radius 1 is 1.45 bits per heavy atom. The van der Waals surface area contributed by atoms with E-state index in [4.69, 9.17) is 5.73 Å². The topological polar surface area (TPSA) is 64.4 Å². The molecule has 0 aliphatic heterocycles. The van der Waals surface area contributed by atoms with Gasteiger partial charge in [-0.2, -0.15) is 8.78 Å². The lowest BCUT2D eigenvalue weighted by atomic mass is 9.94. The van der Waals surface area contributed by atoms with Crippen LogP contribution in [0.1, 0.15) is 37.8 Å². The lowest BCUT2D eigenvalue weighted by Crippen LogP contribution is -2.36. The fraction of sp³-hybridized carbons (Fsp3) is 0.562. The van der Waals surface area contributed by atoms with Crippen LogP contribution in [0, 0.1) is 11.8 Å². The number of nitrogens with two attached hydrogens (primary N) is 1. The van der Waals surface area contributed by atoms with Gasteiger partial charge < -0.3 is 15.8 Å². The predicted molar refractivity (Wildman–Crippen MR) is 79.5 cm³/mol. The quantitative estimate of drug-likeness (QED) is 0.849. The van der Waals surface area contributed by atoms with Crippen LogP contribution >= 0.6 is 0 Å². The first-order chi connectivity index (χ1) is 10.5. The first-order valence-electron chi connectivity index (χ1n) is 7.56. The molecule has 1 saturated carbocycles. The Balaban J connectivity index is 1.99. The summed E-state index contributed by atoms with van der Waals surface area (Å²) in [6.07, 6.45) is 2.86. The number of carbonyl (C=O) groups is 1. The summed E-state index contributed by atoms with van der Waals surface area (Å²) in [6.45, 7) is -0.514. The maximum Gasteiger partial charge on any atom is 0.387 e. The van der Waals surface area contributed by atoms with Crippen molar-refractivity contribution in [1.29, 1.82) is 0 Å². The van der Waals surface area contributed by atoms with Crippen LogP contribution in [0.15, 0.2) is 24.3 Å².